The maximum absolute atomic E-state index is 12.8. The Balaban J connectivity index is 1.85. The molecule has 5 nitrogen and oxygen atoms in total. The number of alkyl halides is 3. The summed E-state index contributed by atoms with van der Waals surface area (Å²) in [5.41, 5.74) is -0.940. The predicted octanol–water partition coefficient (Wildman–Crippen LogP) is 2.25. The molecule has 3 atom stereocenters. The van der Waals surface area contributed by atoms with Gasteiger partial charge in [-0.05, 0) is 25.1 Å². The summed E-state index contributed by atoms with van der Waals surface area (Å²) in [4.78, 5) is 12.0. The third kappa shape index (κ3) is 5.85. The molecule has 0 spiro atoms. The Kier molecular flexibility index (Phi) is 6.67. The van der Waals surface area contributed by atoms with Gasteiger partial charge in [-0.15, -0.1) is 0 Å². The van der Waals surface area contributed by atoms with Crippen LogP contribution in [-0.4, -0.2) is 42.8 Å². The van der Waals surface area contributed by atoms with E-state index in [1.807, 2.05) is 0 Å². The van der Waals surface area contributed by atoms with Gasteiger partial charge in [0.25, 0.3) is 0 Å². The van der Waals surface area contributed by atoms with E-state index < -0.39 is 28.8 Å². The van der Waals surface area contributed by atoms with E-state index in [0.29, 0.717) is 19.6 Å². The number of nitrogens with one attached hydrogen (secondary N) is 3. The summed E-state index contributed by atoms with van der Waals surface area (Å²) in [6.07, 6.45) is -4.90. The lowest BCUT2D eigenvalue weighted by molar-refractivity contribution is -0.137. The van der Waals surface area contributed by atoms with Crippen molar-refractivity contribution >= 4 is 23.2 Å². The molecule has 1 fully saturated rings. The van der Waals surface area contributed by atoms with E-state index in [0.717, 1.165) is 12.1 Å². The highest BCUT2D eigenvalue weighted by atomic mass is 35.5. The summed E-state index contributed by atoms with van der Waals surface area (Å²) in [5.74, 6) is -0.323. The van der Waals surface area contributed by atoms with Crippen molar-refractivity contribution in [2.45, 2.75) is 31.7 Å². The Bertz CT molecular complexity index is 613. The van der Waals surface area contributed by atoms with Gasteiger partial charge in [0, 0.05) is 43.7 Å². The van der Waals surface area contributed by atoms with Crippen LogP contribution in [0.1, 0.15) is 18.9 Å². The quantitative estimate of drug-likeness (QED) is 0.611. The number of aliphatic hydroxyl groups excluding tert-OH is 1. The van der Waals surface area contributed by atoms with Crippen molar-refractivity contribution in [3.8, 4) is 0 Å². The van der Waals surface area contributed by atoms with Gasteiger partial charge in [-0.3, -0.25) is 4.79 Å². The molecule has 0 aliphatic carbocycles. The zero-order valence-electron chi connectivity index (χ0n) is 13.7. The standard InChI is InChI=1S/C16H21ClF3N3O2/c1-9(22-7-10-6-21-8-14(10)24)4-15(25)23-11-2-3-13(17)12(5-11)16(18,19)20/h2-3,5,9-10,14,21-22,24H,4,6-8H2,1H3,(H,23,25). The molecule has 1 saturated heterocycles. The molecule has 4 N–H and O–H groups in total. The van der Waals surface area contributed by atoms with Crippen LogP contribution < -0.4 is 16.0 Å². The fraction of sp³-hybridized carbons (Fsp3) is 0.562. The third-order valence-corrected chi connectivity index (χ3v) is 4.41. The first-order valence-electron chi connectivity index (χ1n) is 7.95. The van der Waals surface area contributed by atoms with E-state index in [1.54, 1.807) is 6.92 Å². The minimum absolute atomic E-state index is 0.0457. The lowest BCUT2D eigenvalue weighted by atomic mass is 10.1. The number of carbonyl (C=O) groups excluding carboxylic acids is 1. The number of β-amino-alcohol motifs (C(OH)–C–C–N with tert-alkyl or cyclic N) is 1. The van der Waals surface area contributed by atoms with Gasteiger partial charge in [-0.1, -0.05) is 11.6 Å². The summed E-state index contributed by atoms with van der Waals surface area (Å²) in [6.45, 7) is 3.62. The zero-order valence-corrected chi connectivity index (χ0v) is 14.4. The normalized spacial score (nSPS) is 22.0. The average Bonchev–Trinajstić information content (AvgIpc) is 2.91. The van der Waals surface area contributed by atoms with Crippen LogP contribution in [0.2, 0.25) is 5.02 Å². The fourth-order valence-corrected chi connectivity index (χ4v) is 2.89. The number of hydrogen-bond donors (Lipinski definition) is 4. The third-order valence-electron chi connectivity index (χ3n) is 4.08. The second-order valence-corrected chi connectivity index (χ2v) is 6.65. The Morgan fingerprint density at radius 1 is 1.44 bits per heavy atom. The van der Waals surface area contributed by atoms with E-state index in [2.05, 4.69) is 16.0 Å². The Morgan fingerprint density at radius 3 is 2.76 bits per heavy atom. The van der Waals surface area contributed by atoms with Crippen molar-refractivity contribution in [3.05, 3.63) is 28.8 Å². The zero-order chi connectivity index (χ0) is 18.6. The summed E-state index contributed by atoms with van der Waals surface area (Å²) < 4.78 is 38.5. The first-order valence-corrected chi connectivity index (χ1v) is 8.33. The Labute approximate surface area is 148 Å². The number of hydrogen-bond acceptors (Lipinski definition) is 4. The van der Waals surface area contributed by atoms with Crippen LogP contribution in [-0.2, 0) is 11.0 Å². The summed E-state index contributed by atoms with van der Waals surface area (Å²) in [5, 5.41) is 18.0. The molecule has 9 heteroatoms. The van der Waals surface area contributed by atoms with Crippen LogP contribution in [0.5, 0.6) is 0 Å². The minimum atomic E-state index is -4.58. The molecule has 0 saturated carbocycles. The lowest BCUT2D eigenvalue weighted by Gasteiger charge is -2.19. The number of anilines is 1. The van der Waals surface area contributed by atoms with E-state index in [1.165, 1.54) is 6.07 Å². The van der Waals surface area contributed by atoms with Crippen molar-refractivity contribution in [1.82, 2.24) is 10.6 Å². The van der Waals surface area contributed by atoms with Gasteiger partial charge in [0.15, 0.2) is 0 Å². The van der Waals surface area contributed by atoms with Gasteiger partial charge >= 0.3 is 6.18 Å². The van der Waals surface area contributed by atoms with Gasteiger partial charge in [0.2, 0.25) is 5.91 Å². The molecular weight excluding hydrogens is 359 g/mol. The molecule has 25 heavy (non-hydrogen) atoms. The summed E-state index contributed by atoms with van der Waals surface area (Å²) in [6, 6.07) is 3.07. The lowest BCUT2D eigenvalue weighted by Crippen LogP contribution is -2.37. The van der Waals surface area contributed by atoms with Crippen LogP contribution in [0.15, 0.2) is 18.2 Å². The molecule has 1 aliphatic rings. The highest BCUT2D eigenvalue weighted by Gasteiger charge is 2.33. The number of aliphatic hydroxyl groups is 1. The molecule has 3 unspecified atom stereocenters. The predicted molar refractivity (Wildman–Crippen MR) is 89.5 cm³/mol. The molecule has 0 radical (unpaired) electrons. The largest absolute Gasteiger partial charge is 0.417 e. The van der Waals surface area contributed by atoms with Crippen LogP contribution in [0.3, 0.4) is 0 Å². The smallest absolute Gasteiger partial charge is 0.391 e. The van der Waals surface area contributed by atoms with Gasteiger partial charge in [0.1, 0.15) is 0 Å². The molecule has 1 heterocycles. The van der Waals surface area contributed by atoms with Crippen molar-refractivity contribution < 1.29 is 23.1 Å². The maximum atomic E-state index is 12.8. The molecule has 1 aliphatic heterocycles. The van der Waals surface area contributed by atoms with Crippen molar-refractivity contribution in [1.29, 1.82) is 0 Å². The highest BCUT2D eigenvalue weighted by molar-refractivity contribution is 6.31. The van der Waals surface area contributed by atoms with Crippen LogP contribution in [0, 0.1) is 5.92 Å². The minimum Gasteiger partial charge on any atom is -0.391 e. The molecule has 2 rings (SSSR count). The van der Waals surface area contributed by atoms with Crippen LogP contribution >= 0.6 is 11.6 Å². The van der Waals surface area contributed by atoms with E-state index in [4.69, 9.17) is 11.6 Å². The molecule has 1 aromatic rings. The van der Waals surface area contributed by atoms with E-state index >= 15 is 0 Å². The maximum Gasteiger partial charge on any atom is 0.417 e. The molecular formula is C16H21ClF3N3O2. The molecule has 0 bridgehead atoms. The average molecular weight is 380 g/mol. The van der Waals surface area contributed by atoms with Gasteiger partial charge in [-0.2, -0.15) is 13.2 Å². The topological polar surface area (TPSA) is 73.4 Å². The Hall–Kier alpha value is -1.35. The van der Waals surface area contributed by atoms with Crippen molar-refractivity contribution in [2.24, 2.45) is 5.92 Å². The number of benzene rings is 1. The fourth-order valence-electron chi connectivity index (χ4n) is 2.66. The molecule has 0 aromatic heterocycles. The van der Waals surface area contributed by atoms with Gasteiger partial charge in [0.05, 0.1) is 16.7 Å². The first kappa shape index (κ1) is 20.0. The van der Waals surface area contributed by atoms with Crippen LogP contribution in [0.25, 0.3) is 0 Å². The second-order valence-electron chi connectivity index (χ2n) is 6.24. The van der Waals surface area contributed by atoms with Crippen molar-refractivity contribution in [3.63, 3.8) is 0 Å². The summed E-state index contributed by atoms with van der Waals surface area (Å²) >= 11 is 5.55. The van der Waals surface area contributed by atoms with Crippen LogP contribution in [0.4, 0.5) is 18.9 Å². The SMILES string of the molecule is CC(CC(=O)Nc1ccc(Cl)c(C(F)(F)F)c1)NCC1CNCC1O. The molecule has 1 amide bonds. The second kappa shape index (κ2) is 8.35. The van der Waals surface area contributed by atoms with E-state index in [-0.39, 0.29) is 24.1 Å². The number of halogens is 4. The Morgan fingerprint density at radius 2 is 2.16 bits per heavy atom. The highest BCUT2D eigenvalue weighted by Crippen LogP contribution is 2.36. The van der Waals surface area contributed by atoms with Crippen molar-refractivity contribution in [2.75, 3.05) is 25.0 Å². The molecule has 1 aromatic carbocycles. The summed E-state index contributed by atoms with van der Waals surface area (Å²) in [7, 11) is 0. The molecule has 140 valence electrons. The van der Waals surface area contributed by atoms with Gasteiger partial charge in [-0.25, -0.2) is 0 Å². The monoisotopic (exact) mass is 379 g/mol. The number of amides is 1. The number of carbonyl (C=O) groups is 1. The first-order chi connectivity index (χ1) is 11.7. The van der Waals surface area contributed by atoms with Gasteiger partial charge < -0.3 is 21.1 Å². The van der Waals surface area contributed by atoms with E-state index in [9.17, 15) is 23.1 Å². The number of rotatable bonds is 6.